The second kappa shape index (κ2) is 4.68. The molecule has 1 aliphatic heterocycles. The summed E-state index contributed by atoms with van der Waals surface area (Å²) < 4.78 is 0. The molecular weight excluding hydrogens is 226 g/mol. The minimum absolute atomic E-state index is 0.541. The average Bonchev–Trinajstić information content (AvgIpc) is 2.94. The van der Waals surface area contributed by atoms with Crippen molar-refractivity contribution in [1.82, 2.24) is 15.0 Å². The first-order valence-electron chi connectivity index (χ1n) is 6.28. The van der Waals surface area contributed by atoms with Gasteiger partial charge in [-0.15, -0.1) is 0 Å². The quantitative estimate of drug-likeness (QED) is 0.843. The van der Waals surface area contributed by atoms with Crippen molar-refractivity contribution >= 4 is 11.4 Å². The molecule has 3 rings (SSSR count). The summed E-state index contributed by atoms with van der Waals surface area (Å²) in [5.41, 5.74) is 7.82. The number of nitrogens with zero attached hydrogens (tertiary/aromatic N) is 3. The van der Waals surface area contributed by atoms with Crippen LogP contribution >= 0.6 is 0 Å². The zero-order valence-corrected chi connectivity index (χ0v) is 10.2. The number of nitrogens with one attached hydrogen (secondary N) is 1. The number of anilines is 2. The van der Waals surface area contributed by atoms with E-state index in [4.69, 9.17) is 5.73 Å². The fourth-order valence-corrected chi connectivity index (χ4v) is 2.58. The third-order valence-corrected chi connectivity index (χ3v) is 3.57. The molecule has 1 fully saturated rings. The molecule has 1 saturated heterocycles. The normalized spacial score (nSPS) is 17.0. The first kappa shape index (κ1) is 11.1. The van der Waals surface area contributed by atoms with Gasteiger partial charge in [-0.2, -0.15) is 0 Å². The van der Waals surface area contributed by atoms with Gasteiger partial charge in [-0.25, -0.2) is 4.98 Å². The molecule has 0 radical (unpaired) electrons. The van der Waals surface area contributed by atoms with Gasteiger partial charge in [-0.05, 0) is 18.9 Å². The van der Waals surface area contributed by atoms with Crippen LogP contribution in [0.15, 0.2) is 30.9 Å². The number of piperidine rings is 1. The van der Waals surface area contributed by atoms with Crippen LogP contribution in [0.3, 0.4) is 0 Å². The molecule has 0 aliphatic carbocycles. The van der Waals surface area contributed by atoms with E-state index in [1.54, 1.807) is 12.4 Å². The van der Waals surface area contributed by atoms with Crippen LogP contribution in [-0.4, -0.2) is 28.0 Å². The number of imidazole rings is 1. The smallest absolute Gasteiger partial charge is 0.109 e. The Labute approximate surface area is 106 Å². The highest BCUT2D eigenvalue weighted by molar-refractivity contribution is 5.66. The van der Waals surface area contributed by atoms with E-state index in [1.165, 1.54) is 0 Å². The number of pyridine rings is 1. The minimum Gasteiger partial charge on any atom is -0.396 e. The van der Waals surface area contributed by atoms with Crippen molar-refractivity contribution in [3.05, 3.63) is 36.7 Å². The number of nitrogen functional groups attached to an aromatic ring is 1. The monoisotopic (exact) mass is 243 g/mol. The van der Waals surface area contributed by atoms with Crippen LogP contribution in [0.5, 0.6) is 0 Å². The van der Waals surface area contributed by atoms with E-state index >= 15 is 0 Å². The highest BCUT2D eigenvalue weighted by atomic mass is 15.1. The molecule has 0 atom stereocenters. The largest absolute Gasteiger partial charge is 0.396 e. The van der Waals surface area contributed by atoms with E-state index in [-0.39, 0.29) is 0 Å². The fourth-order valence-electron chi connectivity index (χ4n) is 2.58. The Morgan fingerprint density at radius 3 is 2.78 bits per heavy atom. The lowest BCUT2D eigenvalue weighted by Crippen LogP contribution is -2.33. The van der Waals surface area contributed by atoms with Crippen LogP contribution in [0.1, 0.15) is 24.6 Å². The molecule has 0 saturated carbocycles. The SMILES string of the molecule is Nc1cnccc1N1CCC(c2ncc[nH]2)CC1. The number of nitrogens with two attached hydrogens (primary N) is 1. The van der Waals surface area contributed by atoms with Gasteiger partial charge in [0.25, 0.3) is 0 Å². The molecule has 3 N–H and O–H groups in total. The van der Waals surface area contributed by atoms with Crippen LogP contribution in [0.2, 0.25) is 0 Å². The molecule has 0 unspecified atom stereocenters. The summed E-state index contributed by atoms with van der Waals surface area (Å²) in [7, 11) is 0. The van der Waals surface area contributed by atoms with Gasteiger partial charge in [-0.3, -0.25) is 4.98 Å². The number of aromatic amines is 1. The first-order valence-corrected chi connectivity index (χ1v) is 6.28. The van der Waals surface area contributed by atoms with Crippen molar-refractivity contribution in [3.63, 3.8) is 0 Å². The van der Waals surface area contributed by atoms with E-state index in [0.29, 0.717) is 5.92 Å². The number of aromatic nitrogens is 3. The molecule has 5 heteroatoms. The molecule has 3 heterocycles. The van der Waals surface area contributed by atoms with Crippen LogP contribution in [0.4, 0.5) is 11.4 Å². The third-order valence-electron chi connectivity index (χ3n) is 3.57. The van der Waals surface area contributed by atoms with Crippen LogP contribution < -0.4 is 10.6 Å². The van der Waals surface area contributed by atoms with Gasteiger partial charge >= 0.3 is 0 Å². The summed E-state index contributed by atoms with van der Waals surface area (Å²) >= 11 is 0. The molecule has 1 aliphatic rings. The zero-order valence-electron chi connectivity index (χ0n) is 10.2. The summed E-state index contributed by atoms with van der Waals surface area (Å²) in [4.78, 5) is 13.9. The molecule has 0 amide bonds. The van der Waals surface area contributed by atoms with Gasteiger partial charge in [0.1, 0.15) is 5.82 Å². The van der Waals surface area contributed by atoms with Crippen LogP contribution in [0, 0.1) is 0 Å². The molecule has 0 spiro atoms. The summed E-state index contributed by atoms with van der Waals surface area (Å²) in [6, 6.07) is 1.99. The average molecular weight is 243 g/mol. The van der Waals surface area contributed by atoms with E-state index in [2.05, 4.69) is 19.9 Å². The molecule has 0 bridgehead atoms. The second-order valence-corrected chi connectivity index (χ2v) is 4.67. The number of H-pyrrole nitrogens is 1. The summed E-state index contributed by atoms with van der Waals surface area (Å²) in [6.45, 7) is 2.03. The maximum atomic E-state index is 5.96. The molecule has 94 valence electrons. The molecule has 5 nitrogen and oxygen atoms in total. The standard InChI is InChI=1S/C13H17N5/c14-11-9-15-4-1-12(11)18-7-2-10(3-8-18)13-16-5-6-17-13/h1,4-6,9-10H,2-3,7-8,14H2,(H,16,17). The van der Waals surface area contributed by atoms with Crippen LogP contribution in [-0.2, 0) is 0 Å². The molecule has 18 heavy (non-hydrogen) atoms. The lowest BCUT2D eigenvalue weighted by molar-refractivity contribution is 0.489. The maximum Gasteiger partial charge on any atom is 0.109 e. The number of hydrogen-bond acceptors (Lipinski definition) is 4. The Hall–Kier alpha value is -2.04. The maximum absolute atomic E-state index is 5.96. The number of hydrogen-bond donors (Lipinski definition) is 2. The Morgan fingerprint density at radius 1 is 1.28 bits per heavy atom. The highest BCUT2D eigenvalue weighted by Gasteiger charge is 2.23. The topological polar surface area (TPSA) is 70.8 Å². The van der Waals surface area contributed by atoms with E-state index in [0.717, 1.165) is 43.1 Å². The lowest BCUT2D eigenvalue weighted by atomic mass is 9.96. The minimum atomic E-state index is 0.541. The van der Waals surface area contributed by atoms with Gasteiger partial charge in [0.15, 0.2) is 0 Å². The van der Waals surface area contributed by atoms with Crippen LogP contribution in [0.25, 0.3) is 0 Å². The van der Waals surface area contributed by atoms with Gasteiger partial charge < -0.3 is 15.6 Å². The van der Waals surface area contributed by atoms with E-state index in [1.807, 2.05) is 18.5 Å². The summed E-state index contributed by atoms with van der Waals surface area (Å²) in [5.74, 6) is 1.65. The lowest BCUT2D eigenvalue weighted by Gasteiger charge is -2.33. The van der Waals surface area contributed by atoms with Crippen molar-refractivity contribution < 1.29 is 0 Å². The molecule has 2 aromatic heterocycles. The predicted molar refractivity (Wildman–Crippen MR) is 71.4 cm³/mol. The molecular formula is C13H17N5. The van der Waals surface area contributed by atoms with Crippen molar-refractivity contribution in [1.29, 1.82) is 0 Å². The van der Waals surface area contributed by atoms with E-state index in [9.17, 15) is 0 Å². The van der Waals surface area contributed by atoms with Gasteiger partial charge in [-0.1, -0.05) is 0 Å². The van der Waals surface area contributed by atoms with Crippen molar-refractivity contribution in [2.24, 2.45) is 0 Å². The first-order chi connectivity index (χ1) is 8.84. The van der Waals surface area contributed by atoms with Crippen molar-refractivity contribution in [2.45, 2.75) is 18.8 Å². The Balaban J connectivity index is 1.69. The molecule has 0 aromatic carbocycles. The summed E-state index contributed by atoms with van der Waals surface area (Å²) in [5, 5.41) is 0. The second-order valence-electron chi connectivity index (χ2n) is 4.67. The Morgan fingerprint density at radius 2 is 2.11 bits per heavy atom. The Kier molecular flexibility index (Phi) is 2.88. The fraction of sp³-hybridized carbons (Fsp3) is 0.385. The zero-order chi connectivity index (χ0) is 12.4. The van der Waals surface area contributed by atoms with Gasteiger partial charge in [0, 0.05) is 37.6 Å². The van der Waals surface area contributed by atoms with E-state index < -0.39 is 0 Å². The van der Waals surface area contributed by atoms with Gasteiger partial charge in [0.2, 0.25) is 0 Å². The predicted octanol–water partition coefficient (Wildman–Crippen LogP) is 1.77. The third kappa shape index (κ3) is 2.03. The highest BCUT2D eigenvalue weighted by Crippen LogP contribution is 2.30. The summed E-state index contributed by atoms with van der Waals surface area (Å²) in [6.07, 6.45) is 9.44. The van der Waals surface area contributed by atoms with Crippen molar-refractivity contribution in [3.8, 4) is 0 Å². The van der Waals surface area contributed by atoms with Gasteiger partial charge in [0.05, 0.1) is 17.6 Å². The Bertz CT molecular complexity index is 500. The van der Waals surface area contributed by atoms with Crippen molar-refractivity contribution in [2.75, 3.05) is 23.7 Å². The molecule has 2 aromatic rings. The number of rotatable bonds is 2.